The van der Waals surface area contributed by atoms with Gasteiger partial charge in [0.2, 0.25) is 5.71 Å². The van der Waals surface area contributed by atoms with Gasteiger partial charge in [-0.1, -0.05) is 18.2 Å². The number of para-hydroxylation sites is 1. The Hall–Kier alpha value is -1.83. The Kier molecular flexibility index (Phi) is 2.09. The van der Waals surface area contributed by atoms with E-state index in [9.17, 15) is 0 Å². The van der Waals surface area contributed by atoms with Crippen LogP contribution in [0.3, 0.4) is 0 Å². The van der Waals surface area contributed by atoms with E-state index in [0.717, 1.165) is 35.0 Å². The van der Waals surface area contributed by atoms with Crippen LogP contribution in [0.1, 0.15) is 55.1 Å². The molecule has 22 heavy (non-hydrogen) atoms. The summed E-state index contributed by atoms with van der Waals surface area (Å²) < 4.78 is 6.03. The Morgan fingerprint density at radius 1 is 0.909 bits per heavy atom. The van der Waals surface area contributed by atoms with Gasteiger partial charge in [0.15, 0.2) is 0 Å². The zero-order valence-corrected chi connectivity index (χ0v) is 12.6. The topological polar surface area (TPSA) is 26.0 Å². The Labute approximate surface area is 129 Å². The van der Waals surface area contributed by atoms with Crippen LogP contribution in [0.4, 0.5) is 0 Å². The van der Waals surface area contributed by atoms with Crippen molar-refractivity contribution in [3.05, 3.63) is 41.6 Å². The van der Waals surface area contributed by atoms with Crippen LogP contribution < -0.4 is 0 Å². The molecule has 2 heterocycles. The van der Waals surface area contributed by atoms with Crippen LogP contribution in [0.5, 0.6) is 0 Å². The normalized spacial score (nSPS) is 32.5. The number of hydrogen-bond acceptors (Lipinski definition) is 2. The molecule has 2 atom stereocenters. The van der Waals surface area contributed by atoms with Crippen molar-refractivity contribution in [3.63, 3.8) is 0 Å². The van der Waals surface area contributed by atoms with Gasteiger partial charge in [-0.3, -0.25) is 0 Å². The summed E-state index contributed by atoms with van der Waals surface area (Å²) in [6.45, 7) is 0. The zero-order chi connectivity index (χ0) is 14.3. The molecule has 2 aromatic heterocycles. The minimum atomic E-state index is 0.734. The van der Waals surface area contributed by atoms with E-state index in [0.29, 0.717) is 0 Å². The highest BCUT2D eigenvalue weighted by Gasteiger charge is 2.43. The van der Waals surface area contributed by atoms with Crippen LogP contribution in [0.25, 0.3) is 22.1 Å². The SMILES string of the molecule is c1ccc2c(c1)oc1ncc3c(c12)C1CC2CC(CC3C2)C1. The maximum Gasteiger partial charge on any atom is 0.227 e. The van der Waals surface area contributed by atoms with Crippen molar-refractivity contribution in [2.75, 3.05) is 0 Å². The summed E-state index contributed by atoms with van der Waals surface area (Å²) in [5, 5.41) is 2.59. The van der Waals surface area contributed by atoms with Gasteiger partial charge in [0.1, 0.15) is 5.58 Å². The van der Waals surface area contributed by atoms with Crippen LogP contribution in [0, 0.1) is 11.8 Å². The van der Waals surface area contributed by atoms with Crippen LogP contribution in [-0.4, -0.2) is 4.98 Å². The smallest absolute Gasteiger partial charge is 0.227 e. The monoisotopic (exact) mass is 289 g/mol. The molecule has 110 valence electrons. The third-order valence-electron chi connectivity index (χ3n) is 6.46. The van der Waals surface area contributed by atoms with Crippen molar-refractivity contribution >= 4 is 22.1 Å². The van der Waals surface area contributed by atoms with Crippen LogP contribution in [0.2, 0.25) is 0 Å². The third-order valence-corrected chi connectivity index (χ3v) is 6.46. The molecule has 2 unspecified atom stereocenters. The lowest BCUT2D eigenvalue weighted by Crippen LogP contribution is -2.25. The van der Waals surface area contributed by atoms with Gasteiger partial charge in [0, 0.05) is 11.6 Å². The molecule has 0 spiro atoms. The number of rotatable bonds is 0. The van der Waals surface area contributed by atoms with Gasteiger partial charge in [-0.05, 0) is 73.0 Å². The highest BCUT2D eigenvalue weighted by Crippen LogP contribution is 2.57. The van der Waals surface area contributed by atoms with E-state index >= 15 is 0 Å². The van der Waals surface area contributed by atoms with E-state index in [1.165, 1.54) is 42.9 Å². The highest BCUT2D eigenvalue weighted by molar-refractivity contribution is 6.06. The van der Waals surface area contributed by atoms with Gasteiger partial charge in [0.25, 0.3) is 0 Å². The maximum atomic E-state index is 6.03. The Bertz CT molecular complexity index is 895. The van der Waals surface area contributed by atoms with Crippen LogP contribution in [-0.2, 0) is 0 Å². The van der Waals surface area contributed by atoms with Gasteiger partial charge in [-0.2, -0.15) is 0 Å². The van der Waals surface area contributed by atoms with Gasteiger partial charge in [0.05, 0.1) is 5.39 Å². The fourth-order valence-corrected chi connectivity index (χ4v) is 5.83. The summed E-state index contributed by atoms with van der Waals surface area (Å²) in [7, 11) is 0. The fourth-order valence-electron chi connectivity index (χ4n) is 5.83. The molecule has 2 nitrogen and oxygen atoms in total. The molecule has 7 rings (SSSR count). The average Bonchev–Trinajstić information content (AvgIpc) is 2.82. The van der Waals surface area contributed by atoms with Gasteiger partial charge in [-0.15, -0.1) is 0 Å². The lowest BCUT2D eigenvalue weighted by Gasteiger charge is -2.38. The van der Waals surface area contributed by atoms with Crippen molar-refractivity contribution < 1.29 is 4.42 Å². The van der Waals surface area contributed by atoms with E-state index in [2.05, 4.69) is 30.5 Å². The minimum Gasteiger partial charge on any atom is -0.438 e. The van der Waals surface area contributed by atoms with Crippen molar-refractivity contribution in [1.82, 2.24) is 4.98 Å². The van der Waals surface area contributed by atoms with Crippen molar-refractivity contribution in [2.24, 2.45) is 11.8 Å². The molecule has 1 aromatic carbocycles. The Balaban J connectivity index is 1.75. The van der Waals surface area contributed by atoms with E-state index in [4.69, 9.17) is 9.40 Å². The Morgan fingerprint density at radius 3 is 2.55 bits per heavy atom. The largest absolute Gasteiger partial charge is 0.438 e. The fraction of sp³-hybridized carbons (Fsp3) is 0.450. The molecule has 4 aliphatic carbocycles. The molecule has 2 fully saturated rings. The molecule has 0 radical (unpaired) electrons. The lowest BCUT2D eigenvalue weighted by atomic mass is 9.67. The maximum absolute atomic E-state index is 6.03. The number of hydrogen-bond donors (Lipinski definition) is 0. The summed E-state index contributed by atoms with van der Waals surface area (Å²) in [6.07, 6.45) is 9.18. The number of benzene rings is 1. The summed E-state index contributed by atoms with van der Waals surface area (Å²) in [6, 6.07) is 8.45. The van der Waals surface area contributed by atoms with E-state index in [1.54, 1.807) is 11.1 Å². The first-order valence-electron chi connectivity index (χ1n) is 8.67. The molecule has 0 saturated heterocycles. The zero-order valence-electron chi connectivity index (χ0n) is 12.6. The second kappa shape index (κ2) is 3.92. The minimum absolute atomic E-state index is 0.734. The quantitative estimate of drug-likeness (QED) is 0.556. The summed E-state index contributed by atoms with van der Waals surface area (Å²) in [5.74, 6) is 3.38. The summed E-state index contributed by atoms with van der Waals surface area (Å²) in [5.41, 5.74) is 4.99. The molecular weight excluding hydrogens is 270 g/mol. The van der Waals surface area contributed by atoms with Gasteiger partial charge >= 0.3 is 0 Å². The van der Waals surface area contributed by atoms with Crippen molar-refractivity contribution in [3.8, 4) is 0 Å². The third kappa shape index (κ3) is 1.39. The molecule has 2 saturated carbocycles. The number of pyridine rings is 1. The second-order valence-electron chi connectivity index (χ2n) is 7.71. The predicted octanol–water partition coefficient (Wildman–Crippen LogP) is 5.37. The Morgan fingerprint density at radius 2 is 1.68 bits per heavy atom. The molecule has 0 amide bonds. The van der Waals surface area contributed by atoms with Gasteiger partial charge < -0.3 is 4.42 Å². The molecule has 0 N–H and O–H groups in total. The highest BCUT2D eigenvalue weighted by atomic mass is 16.3. The number of furan rings is 1. The number of fused-ring (bicyclic) bond motifs is 3. The van der Waals surface area contributed by atoms with E-state index < -0.39 is 0 Å². The standard InChI is InChI=1S/C20H19NO/c1-2-4-17-15(3-1)19-18-14-8-11-5-12(9-14)7-13(6-11)16(18)10-21-20(19)22-17/h1-4,10-14H,5-9H2. The predicted molar refractivity (Wildman–Crippen MR) is 87.1 cm³/mol. The van der Waals surface area contributed by atoms with Crippen LogP contribution in [0.15, 0.2) is 34.9 Å². The molecular formula is C20H19NO. The molecule has 3 aromatic rings. The molecule has 0 aliphatic heterocycles. The van der Waals surface area contributed by atoms with Crippen molar-refractivity contribution in [2.45, 2.75) is 43.9 Å². The molecule has 2 heteroatoms. The number of aromatic nitrogens is 1. The first kappa shape index (κ1) is 11.7. The first-order valence-corrected chi connectivity index (χ1v) is 8.67. The lowest BCUT2D eigenvalue weighted by molar-refractivity contribution is 0.166. The van der Waals surface area contributed by atoms with Crippen LogP contribution >= 0.6 is 0 Å². The van der Waals surface area contributed by atoms with Gasteiger partial charge in [-0.25, -0.2) is 4.98 Å². The number of nitrogens with zero attached hydrogens (tertiary/aromatic N) is 1. The summed E-state index contributed by atoms with van der Waals surface area (Å²) in [4.78, 5) is 4.71. The van der Waals surface area contributed by atoms with Crippen molar-refractivity contribution in [1.29, 1.82) is 0 Å². The molecule has 4 aliphatic rings. The second-order valence-corrected chi connectivity index (χ2v) is 7.71. The van der Waals surface area contributed by atoms with E-state index in [-0.39, 0.29) is 0 Å². The molecule has 4 bridgehead atoms. The summed E-state index contributed by atoms with van der Waals surface area (Å²) >= 11 is 0. The first-order chi connectivity index (χ1) is 10.9. The van der Waals surface area contributed by atoms with E-state index in [1.807, 2.05) is 0 Å². The average molecular weight is 289 g/mol.